The van der Waals surface area contributed by atoms with Crippen LogP contribution in [0.4, 0.5) is 52.7 Å². The molecular formula is C55H25F12N5. The summed E-state index contributed by atoms with van der Waals surface area (Å²) in [6, 6.07) is 38.6. The largest absolute Gasteiger partial charge is 0.417 e. The highest BCUT2D eigenvalue weighted by atomic mass is 19.4. The zero-order chi connectivity index (χ0) is 51.2. The quantitative estimate of drug-likeness (QED) is 0.161. The summed E-state index contributed by atoms with van der Waals surface area (Å²) >= 11 is 0. The second-order valence-electron chi connectivity index (χ2n) is 16.7. The van der Waals surface area contributed by atoms with Crippen molar-refractivity contribution < 1.29 is 52.7 Å². The van der Waals surface area contributed by atoms with Gasteiger partial charge in [-0.2, -0.15) is 68.5 Å². The van der Waals surface area contributed by atoms with E-state index in [-0.39, 0.29) is 51.3 Å². The normalized spacial score (nSPS) is 12.4. The Morgan fingerprint density at radius 1 is 0.333 bits per heavy atom. The molecule has 17 heteroatoms. The first-order valence-electron chi connectivity index (χ1n) is 21.3. The molecule has 2 aromatic heterocycles. The molecule has 10 rings (SSSR count). The van der Waals surface area contributed by atoms with E-state index in [0.717, 1.165) is 12.1 Å². The van der Waals surface area contributed by atoms with Crippen LogP contribution in [0.2, 0.25) is 0 Å². The Balaban J connectivity index is 1.25. The van der Waals surface area contributed by atoms with Gasteiger partial charge in [-0.1, -0.05) is 60.7 Å². The zero-order valence-corrected chi connectivity index (χ0v) is 36.2. The highest BCUT2D eigenvalue weighted by Crippen LogP contribution is 2.47. The minimum atomic E-state index is -5.18. The van der Waals surface area contributed by atoms with Crippen LogP contribution >= 0.6 is 0 Å². The lowest BCUT2D eigenvalue weighted by Crippen LogP contribution is -2.12. The van der Waals surface area contributed by atoms with Crippen LogP contribution in [0, 0.1) is 34.0 Å². The molecule has 0 N–H and O–H groups in total. The van der Waals surface area contributed by atoms with E-state index in [1.807, 2.05) is 12.1 Å². The molecule has 0 atom stereocenters. The van der Waals surface area contributed by atoms with Crippen molar-refractivity contribution in [2.75, 3.05) is 0 Å². The van der Waals surface area contributed by atoms with Gasteiger partial charge in [-0.25, -0.2) is 0 Å². The zero-order valence-electron chi connectivity index (χ0n) is 36.2. The molecule has 2 heterocycles. The van der Waals surface area contributed by atoms with E-state index < -0.39 is 58.1 Å². The number of fused-ring (bicyclic) bond motifs is 6. The lowest BCUT2D eigenvalue weighted by Gasteiger charge is -2.19. The van der Waals surface area contributed by atoms with Crippen molar-refractivity contribution in [1.29, 1.82) is 15.8 Å². The summed E-state index contributed by atoms with van der Waals surface area (Å²) < 4.78 is 172. The van der Waals surface area contributed by atoms with Crippen molar-refractivity contribution in [2.24, 2.45) is 0 Å². The molecule has 0 fully saturated rings. The molecule has 72 heavy (non-hydrogen) atoms. The van der Waals surface area contributed by atoms with Crippen molar-refractivity contribution in [3.05, 3.63) is 191 Å². The average molecular weight is 984 g/mol. The third kappa shape index (κ3) is 7.87. The van der Waals surface area contributed by atoms with Gasteiger partial charge in [0.25, 0.3) is 0 Å². The minimum absolute atomic E-state index is 0.0154. The van der Waals surface area contributed by atoms with Crippen LogP contribution in [0.1, 0.15) is 38.9 Å². The summed E-state index contributed by atoms with van der Waals surface area (Å²) in [6.07, 6.45) is -20.5. The molecule has 354 valence electrons. The molecule has 0 amide bonds. The van der Waals surface area contributed by atoms with Crippen molar-refractivity contribution in [3.63, 3.8) is 0 Å². The topological polar surface area (TPSA) is 81.2 Å². The van der Waals surface area contributed by atoms with Crippen LogP contribution in [0.15, 0.2) is 152 Å². The SMILES string of the molecule is N#Cc1cc(C#N)cc(-c2cc(-n3c4ccccc4c4cc(-c5ccc(C(F)(F)F)cc5C(F)(F)F)ccc43)c(C#N)cc2-n2c3ccccc3c3cc(-c4ccc(C(F)(F)F)cc4C(F)(F)F)ccc32)c1. The summed E-state index contributed by atoms with van der Waals surface area (Å²) in [5, 5.41) is 32.9. The molecule has 0 saturated heterocycles. The van der Waals surface area contributed by atoms with Crippen LogP contribution in [0.25, 0.3) is 88.4 Å². The first-order chi connectivity index (χ1) is 34.1. The van der Waals surface area contributed by atoms with Gasteiger partial charge in [0.15, 0.2) is 0 Å². The highest BCUT2D eigenvalue weighted by molar-refractivity contribution is 6.12. The molecule has 5 nitrogen and oxygen atoms in total. The predicted octanol–water partition coefficient (Wildman–Crippen LogP) is 16.6. The molecule has 10 aromatic rings. The van der Waals surface area contributed by atoms with Gasteiger partial charge in [0.2, 0.25) is 0 Å². The molecule has 8 aromatic carbocycles. The number of para-hydroxylation sites is 2. The van der Waals surface area contributed by atoms with Gasteiger partial charge in [-0.05, 0) is 119 Å². The van der Waals surface area contributed by atoms with E-state index in [0.29, 0.717) is 66.9 Å². The van der Waals surface area contributed by atoms with E-state index in [4.69, 9.17) is 0 Å². The molecule has 0 aliphatic carbocycles. The van der Waals surface area contributed by atoms with E-state index >= 15 is 0 Å². The number of hydrogen-bond acceptors (Lipinski definition) is 3. The number of rotatable bonds is 5. The predicted molar refractivity (Wildman–Crippen MR) is 246 cm³/mol. The summed E-state index contributed by atoms with van der Waals surface area (Å²) in [4.78, 5) is 0. The fourth-order valence-electron chi connectivity index (χ4n) is 9.39. The van der Waals surface area contributed by atoms with Crippen LogP contribution in [0.3, 0.4) is 0 Å². The summed E-state index contributed by atoms with van der Waals surface area (Å²) in [6.45, 7) is 0. The smallest absolute Gasteiger partial charge is 0.309 e. The van der Waals surface area contributed by atoms with Crippen molar-refractivity contribution in [1.82, 2.24) is 9.13 Å². The summed E-state index contributed by atoms with van der Waals surface area (Å²) in [5.74, 6) is 0. The first-order valence-corrected chi connectivity index (χ1v) is 21.3. The summed E-state index contributed by atoms with van der Waals surface area (Å²) in [7, 11) is 0. The molecular weight excluding hydrogens is 959 g/mol. The van der Waals surface area contributed by atoms with Gasteiger partial charge >= 0.3 is 24.7 Å². The molecule has 0 aliphatic rings. The third-order valence-corrected chi connectivity index (χ3v) is 12.5. The van der Waals surface area contributed by atoms with E-state index in [1.165, 1.54) is 60.7 Å². The second-order valence-corrected chi connectivity index (χ2v) is 16.7. The monoisotopic (exact) mass is 983 g/mol. The number of benzene rings is 8. The maximum absolute atomic E-state index is 14.5. The van der Waals surface area contributed by atoms with Crippen molar-refractivity contribution in [2.45, 2.75) is 24.7 Å². The molecule has 0 aliphatic heterocycles. The van der Waals surface area contributed by atoms with Gasteiger partial charge in [-0.15, -0.1) is 0 Å². The Bertz CT molecular complexity index is 4000. The summed E-state index contributed by atoms with van der Waals surface area (Å²) in [5.41, 5.74) is -4.15. The third-order valence-electron chi connectivity index (χ3n) is 12.5. The molecule has 0 bridgehead atoms. The standard InChI is InChI=1S/C55H25F12N5/c56-52(57,58)35-11-13-37(44(23-35)54(62,63)64)31-9-15-48-42(20-31)39-5-1-3-7-46(39)71(48)50-25-41(33-18-29(26-68)17-30(19-33)27-69)51(22-34(50)28-70)72-47-8-4-2-6-40(47)43-21-32(10-16-49(43)72)38-14-12-36(53(59,60)61)24-45(38)55(65,66)67/h1-25H. The van der Waals surface area contributed by atoms with E-state index in [2.05, 4.69) is 6.07 Å². The van der Waals surface area contributed by atoms with Crippen molar-refractivity contribution in [3.8, 4) is 63.0 Å². The number of alkyl halides is 12. The number of nitrogens with zero attached hydrogens (tertiary/aromatic N) is 5. The van der Waals surface area contributed by atoms with Crippen molar-refractivity contribution >= 4 is 43.6 Å². The Hall–Kier alpha value is -9.01. The van der Waals surface area contributed by atoms with E-state index in [9.17, 15) is 68.5 Å². The van der Waals surface area contributed by atoms with Gasteiger partial charge in [0, 0.05) is 27.1 Å². The van der Waals surface area contributed by atoms with Gasteiger partial charge in [0.05, 0.1) is 84.5 Å². The van der Waals surface area contributed by atoms with Gasteiger partial charge in [0.1, 0.15) is 6.07 Å². The lowest BCUT2D eigenvalue weighted by molar-refractivity contribution is -0.144. The molecule has 0 radical (unpaired) electrons. The minimum Gasteiger partial charge on any atom is -0.309 e. The fourth-order valence-corrected chi connectivity index (χ4v) is 9.39. The maximum Gasteiger partial charge on any atom is 0.417 e. The second kappa shape index (κ2) is 16.6. The van der Waals surface area contributed by atoms with E-state index in [1.54, 1.807) is 63.7 Å². The number of nitriles is 3. The highest BCUT2D eigenvalue weighted by Gasteiger charge is 2.40. The molecule has 0 spiro atoms. The maximum atomic E-state index is 14.5. The fraction of sp³-hybridized carbons (Fsp3) is 0.0727. The van der Waals surface area contributed by atoms with Crippen LogP contribution in [0.5, 0.6) is 0 Å². The molecule has 0 unspecified atom stereocenters. The van der Waals surface area contributed by atoms with Crippen LogP contribution < -0.4 is 0 Å². The Morgan fingerprint density at radius 3 is 1.18 bits per heavy atom. The number of halogens is 12. The van der Waals surface area contributed by atoms with Crippen LogP contribution in [-0.4, -0.2) is 9.13 Å². The Kier molecular flexibility index (Phi) is 10.7. The van der Waals surface area contributed by atoms with Gasteiger partial charge in [-0.3, -0.25) is 0 Å². The Morgan fingerprint density at radius 2 is 0.764 bits per heavy atom. The van der Waals surface area contributed by atoms with Gasteiger partial charge < -0.3 is 9.13 Å². The lowest BCUT2D eigenvalue weighted by atomic mass is 9.95. The van der Waals surface area contributed by atoms with Crippen LogP contribution in [-0.2, 0) is 24.7 Å². The molecule has 0 saturated carbocycles. The number of aromatic nitrogens is 2. The average Bonchev–Trinajstić information content (AvgIpc) is 3.86. The first kappa shape index (κ1) is 46.7. The Labute approximate surface area is 398 Å². The number of hydrogen-bond donors (Lipinski definition) is 0.